The van der Waals surface area contributed by atoms with Crippen LogP contribution in [0.5, 0.6) is 0 Å². The van der Waals surface area contributed by atoms with Gasteiger partial charge in [-0.3, -0.25) is 0 Å². The average Bonchev–Trinajstić information content (AvgIpc) is 2.30. The number of aliphatic hydroxyl groups excluding tert-OH is 1. The van der Waals surface area contributed by atoms with Crippen LogP contribution in [0, 0.1) is 10.8 Å². The van der Waals surface area contributed by atoms with Gasteiger partial charge in [0.15, 0.2) is 0 Å². The van der Waals surface area contributed by atoms with E-state index in [0.717, 1.165) is 25.7 Å². The Morgan fingerprint density at radius 3 is 2.00 bits per heavy atom. The van der Waals surface area contributed by atoms with Crippen LogP contribution in [0.15, 0.2) is 0 Å². The molecule has 126 valence electrons. The van der Waals surface area contributed by atoms with Gasteiger partial charge in [0.1, 0.15) is 5.60 Å². The Morgan fingerprint density at radius 1 is 1.05 bits per heavy atom. The Hall–Kier alpha value is -0.770. The van der Waals surface area contributed by atoms with Crippen molar-refractivity contribution in [2.45, 2.75) is 79.8 Å². The lowest BCUT2D eigenvalue weighted by Crippen LogP contribution is -2.42. The Labute approximate surface area is 130 Å². The van der Waals surface area contributed by atoms with Crippen LogP contribution in [-0.4, -0.2) is 30.0 Å². The predicted molar refractivity (Wildman–Crippen MR) is 87.4 cm³/mol. The number of alkyl carbamates (subject to hydrolysis) is 1. The number of carbonyl (C=O) groups excluding carboxylic acids is 1. The van der Waals surface area contributed by atoms with E-state index in [4.69, 9.17) is 4.74 Å². The minimum Gasteiger partial charge on any atom is -0.444 e. The van der Waals surface area contributed by atoms with Crippen LogP contribution < -0.4 is 5.32 Å². The zero-order valence-corrected chi connectivity index (χ0v) is 15.0. The lowest BCUT2D eigenvalue weighted by atomic mass is 9.75. The molecule has 0 aromatic carbocycles. The maximum Gasteiger partial charge on any atom is 0.407 e. The summed E-state index contributed by atoms with van der Waals surface area (Å²) < 4.78 is 5.27. The van der Waals surface area contributed by atoms with Gasteiger partial charge in [-0.1, -0.05) is 34.1 Å². The molecule has 0 aromatic heterocycles. The van der Waals surface area contributed by atoms with Gasteiger partial charge in [0.2, 0.25) is 0 Å². The zero-order chi connectivity index (χ0) is 16.7. The number of hydrogen-bond acceptors (Lipinski definition) is 3. The van der Waals surface area contributed by atoms with E-state index in [1.807, 2.05) is 20.8 Å². The van der Waals surface area contributed by atoms with Crippen molar-refractivity contribution in [2.24, 2.45) is 10.8 Å². The van der Waals surface area contributed by atoms with Crippen molar-refractivity contribution in [3.8, 4) is 0 Å². The number of ether oxygens (including phenoxy) is 1. The number of hydrogen-bond donors (Lipinski definition) is 2. The second-order valence-electron chi connectivity index (χ2n) is 8.32. The zero-order valence-electron chi connectivity index (χ0n) is 15.0. The number of carbonyl (C=O) groups is 1. The van der Waals surface area contributed by atoms with Crippen molar-refractivity contribution in [1.29, 1.82) is 0 Å². The molecule has 0 saturated carbocycles. The van der Waals surface area contributed by atoms with Gasteiger partial charge in [0.05, 0.1) is 6.61 Å². The molecule has 0 fully saturated rings. The summed E-state index contributed by atoms with van der Waals surface area (Å²) >= 11 is 0. The van der Waals surface area contributed by atoms with Crippen LogP contribution in [0.25, 0.3) is 0 Å². The van der Waals surface area contributed by atoms with Gasteiger partial charge in [-0.15, -0.1) is 0 Å². The summed E-state index contributed by atoms with van der Waals surface area (Å²) in [5.41, 5.74) is -0.527. The SMILES string of the molecule is CCCC(CO)(CCC(C)(C)C)CNC(=O)OC(C)(C)C. The number of rotatable bonds is 7. The van der Waals surface area contributed by atoms with E-state index >= 15 is 0 Å². The van der Waals surface area contributed by atoms with E-state index in [1.165, 1.54) is 0 Å². The largest absolute Gasteiger partial charge is 0.444 e. The first-order chi connectivity index (χ1) is 9.43. The number of aliphatic hydroxyl groups is 1. The Kier molecular flexibility index (Phi) is 7.73. The van der Waals surface area contributed by atoms with E-state index < -0.39 is 11.7 Å². The van der Waals surface area contributed by atoms with Crippen LogP contribution >= 0.6 is 0 Å². The molecule has 21 heavy (non-hydrogen) atoms. The van der Waals surface area contributed by atoms with Crippen molar-refractivity contribution in [3.05, 3.63) is 0 Å². The van der Waals surface area contributed by atoms with Crippen molar-refractivity contribution in [2.75, 3.05) is 13.2 Å². The molecule has 0 rings (SSSR count). The molecule has 0 aromatic rings. The van der Waals surface area contributed by atoms with Gasteiger partial charge in [0.25, 0.3) is 0 Å². The predicted octanol–water partition coefficient (Wildman–Crippen LogP) is 4.12. The molecule has 0 aliphatic carbocycles. The van der Waals surface area contributed by atoms with E-state index in [-0.39, 0.29) is 17.4 Å². The molecule has 0 saturated heterocycles. The first kappa shape index (κ1) is 20.2. The van der Waals surface area contributed by atoms with Crippen LogP contribution in [0.2, 0.25) is 0 Å². The molecule has 4 heteroatoms. The van der Waals surface area contributed by atoms with Crippen molar-refractivity contribution >= 4 is 6.09 Å². The van der Waals surface area contributed by atoms with Gasteiger partial charge in [0, 0.05) is 12.0 Å². The lowest BCUT2D eigenvalue weighted by Gasteiger charge is -2.34. The third-order valence-electron chi connectivity index (χ3n) is 3.53. The van der Waals surface area contributed by atoms with Crippen molar-refractivity contribution in [1.82, 2.24) is 5.32 Å². The van der Waals surface area contributed by atoms with Gasteiger partial charge < -0.3 is 15.2 Å². The summed E-state index contributed by atoms with van der Waals surface area (Å²) in [6, 6.07) is 0. The summed E-state index contributed by atoms with van der Waals surface area (Å²) in [6.45, 7) is 14.8. The van der Waals surface area contributed by atoms with Crippen LogP contribution in [0.4, 0.5) is 4.79 Å². The standard InChI is InChI=1S/C17H35NO3/c1-8-9-17(13-19,11-10-15(2,3)4)12-18-14(20)21-16(5,6)7/h19H,8-13H2,1-7H3,(H,18,20). The molecule has 2 N–H and O–H groups in total. The molecule has 1 amide bonds. The van der Waals surface area contributed by atoms with Gasteiger partial charge in [-0.2, -0.15) is 0 Å². The summed E-state index contributed by atoms with van der Waals surface area (Å²) in [6.07, 6.45) is 3.39. The molecule has 0 bridgehead atoms. The van der Waals surface area contributed by atoms with E-state index in [9.17, 15) is 9.90 Å². The average molecular weight is 301 g/mol. The van der Waals surface area contributed by atoms with Gasteiger partial charge in [-0.25, -0.2) is 4.79 Å². The highest BCUT2D eigenvalue weighted by Crippen LogP contribution is 2.34. The topological polar surface area (TPSA) is 58.6 Å². The fourth-order valence-electron chi connectivity index (χ4n) is 2.26. The Bertz CT molecular complexity index is 315. The number of nitrogens with one attached hydrogen (secondary N) is 1. The molecule has 0 heterocycles. The number of amides is 1. The highest BCUT2D eigenvalue weighted by molar-refractivity contribution is 5.67. The lowest BCUT2D eigenvalue weighted by molar-refractivity contribution is 0.0428. The normalized spacial score (nSPS) is 15.4. The molecule has 1 atom stereocenters. The Balaban J connectivity index is 4.64. The molecule has 0 spiro atoms. The molecule has 1 unspecified atom stereocenters. The Morgan fingerprint density at radius 2 is 1.62 bits per heavy atom. The minimum absolute atomic E-state index is 0.0900. The maximum atomic E-state index is 11.8. The molecule has 0 radical (unpaired) electrons. The van der Waals surface area contributed by atoms with Gasteiger partial charge >= 0.3 is 6.09 Å². The highest BCUT2D eigenvalue weighted by atomic mass is 16.6. The van der Waals surface area contributed by atoms with Crippen LogP contribution in [-0.2, 0) is 4.74 Å². The van der Waals surface area contributed by atoms with Gasteiger partial charge in [-0.05, 0) is 45.4 Å². The fourth-order valence-corrected chi connectivity index (χ4v) is 2.26. The van der Waals surface area contributed by atoms with E-state index in [2.05, 4.69) is 33.0 Å². The van der Waals surface area contributed by atoms with Crippen LogP contribution in [0.1, 0.15) is 74.1 Å². The second-order valence-corrected chi connectivity index (χ2v) is 8.32. The monoisotopic (exact) mass is 301 g/mol. The molecule has 0 aliphatic heterocycles. The van der Waals surface area contributed by atoms with Crippen molar-refractivity contribution < 1.29 is 14.6 Å². The first-order valence-electron chi connectivity index (χ1n) is 8.01. The summed E-state index contributed by atoms with van der Waals surface area (Å²) in [5.74, 6) is 0. The third-order valence-corrected chi connectivity index (χ3v) is 3.53. The van der Waals surface area contributed by atoms with E-state index in [0.29, 0.717) is 6.54 Å². The minimum atomic E-state index is -0.498. The molecular weight excluding hydrogens is 266 g/mol. The van der Waals surface area contributed by atoms with E-state index in [1.54, 1.807) is 0 Å². The smallest absolute Gasteiger partial charge is 0.407 e. The van der Waals surface area contributed by atoms with Crippen molar-refractivity contribution in [3.63, 3.8) is 0 Å². The summed E-state index contributed by atoms with van der Waals surface area (Å²) in [4.78, 5) is 11.8. The first-order valence-corrected chi connectivity index (χ1v) is 8.01. The maximum absolute atomic E-state index is 11.8. The molecule has 0 aliphatic rings. The fraction of sp³-hybridized carbons (Fsp3) is 0.941. The molecule has 4 nitrogen and oxygen atoms in total. The highest BCUT2D eigenvalue weighted by Gasteiger charge is 2.31. The van der Waals surface area contributed by atoms with Crippen LogP contribution in [0.3, 0.4) is 0 Å². The third kappa shape index (κ3) is 9.72. The summed E-state index contributed by atoms with van der Waals surface area (Å²) in [7, 11) is 0. The quantitative estimate of drug-likeness (QED) is 0.743. The molecular formula is C17H35NO3. The summed E-state index contributed by atoms with van der Waals surface area (Å²) in [5, 5.41) is 12.7. The second kappa shape index (κ2) is 8.02.